The Labute approximate surface area is 166 Å². The Balaban J connectivity index is 1.72. The molecule has 0 aliphatic heterocycles. The van der Waals surface area contributed by atoms with E-state index in [0.717, 1.165) is 35.5 Å². The molecule has 27 heavy (non-hydrogen) atoms. The van der Waals surface area contributed by atoms with Gasteiger partial charge in [-0.2, -0.15) is 0 Å². The fraction of sp³-hybridized carbons (Fsp3) is 0.381. The lowest BCUT2D eigenvalue weighted by Gasteiger charge is -2.13. The third kappa shape index (κ3) is 7.39. The van der Waals surface area contributed by atoms with Crippen molar-refractivity contribution in [3.05, 3.63) is 58.6 Å². The van der Waals surface area contributed by atoms with Crippen LogP contribution in [0.5, 0.6) is 11.5 Å². The zero-order valence-corrected chi connectivity index (χ0v) is 16.6. The molecular formula is C21H27ClN2O3. The van der Waals surface area contributed by atoms with Crippen molar-refractivity contribution < 1.29 is 14.3 Å². The fourth-order valence-corrected chi connectivity index (χ4v) is 2.73. The summed E-state index contributed by atoms with van der Waals surface area (Å²) in [6.45, 7) is 6.18. The Morgan fingerprint density at radius 3 is 2.04 bits per heavy atom. The summed E-state index contributed by atoms with van der Waals surface area (Å²) in [6.07, 6.45) is 1.48. The summed E-state index contributed by atoms with van der Waals surface area (Å²) >= 11 is 5.86. The van der Waals surface area contributed by atoms with Crippen LogP contribution in [0.3, 0.4) is 0 Å². The molecule has 0 fully saturated rings. The number of ether oxygens (including phenoxy) is 2. The van der Waals surface area contributed by atoms with E-state index in [2.05, 4.69) is 10.6 Å². The van der Waals surface area contributed by atoms with Crippen molar-refractivity contribution >= 4 is 17.6 Å². The van der Waals surface area contributed by atoms with E-state index in [0.29, 0.717) is 31.3 Å². The van der Waals surface area contributed by atoms with Crippen LogP contribution in [0.2, 0.25) is 5.02 Å². The number of nitrogens with one attached hydrogen (secondary N) is 2. The molecule has 0 bridgehead atoms. The maximum atomic E-state index is 11.9. The van der Waals surface area contributed by atoms with Gasteiger partial charge in [-0.25, -0.2) is 4.79 Å². The second kappa shape index (κ2) is 11.3. The summed E-state index contributed by atoms with van der Waals surface area (Å²) in [6, 6.07) is 13.3. The molecule has 2 amide bonds. The molecule has 2 rings (SSSR count). The molecule has 0 aromatic heterocycles. The highest BCUT2D eigenvalue weighted by Crippen LogP contribution is 2.28. The van der Waals surface area contributed by atoms with Gasteiger partial charge in [0.1, 0.15) is 0 Å². The van der Waals surface area contributed by atoms with Crippen molar-refractivity contribution in [2.75, 3.05) is 26.3 Å². The predicted molar refractivity (Wildman–Crippen MR) is 109 cm³/mol. The maximum absolute atomic E-state index is 11.9. The summed E-state index contributed by atoms with van der Waals surface area (Å²) in [5.74, 6) is 1.49. The summed E-state index contributed by atoms with van der Waals surface area (Å²) in [5, 5.41) is 6.45. The third-order valence-corrected chi connectivity index (χ3v) is 4.17. The average molecular weight is 391 g/mol. The van der Waals surface area contributed by atoms with Gasteiger partial charge in [-0.1, -0.05) is 29.8 Å². The first-order valence-electron chi connectivity index (χ1n) is 9.27. The van der Waals surface area contributed by atoms with Crippen LogP contribution < -0.4 is 20.1 Å². The minimum atomic E-state index is -0.167. The molecule has 0 heterocycles. The van der Waals surface area contributed by atoms with Gasteiger partial charge in [-0.3, -0.25) is 0 Å². The molecule has 6 heteroatoms. The smallest absolute Gasteiger partial charge is 0.314 e. The second-order valence-electron chi connectivity index (χ2n) is 5.96. The zero-order chi connectivity index (χ0) is 19.5. The van der Waals surface area contributed by atoms with Crippen LogP contribution in [-0.2, 0) is 12.8 Å². The first kappa shape index (κ1) is 20.9. The Kier molecular flexibility index (Phi) is 8.78. The van der Waals surface area contributed by atoms with Gasteiger partial charge >= 0.3 is 6.03 Å². The van der Waals surface area contributed by atoms with Gasteiger partial charge < -0.3 is 20.1 Å². The van der Waals surface area contributed by atoms with Gasteiger partial charge in [0, 0.05) is 18.1 Å². The minimum absolute atomic E-state index is 0.167. The maximum Gasteiger partial charge on any atom is 0.314 e. The van der Waals surface area contributed by atoms with Gasteiger partial charge in [0.2, 0.25) is 0 Å². The van der Waals surface area contributed by atoms with E-state index >= 15 is 0 Å². The standard InChI is InChI=1S/C21H27ClN2O3/c1-3-26-19-10-7-17(15-20(19)27-4-2)12-14-24-21(25)23-13-11-16-5-8-18(22)9-6-16/h5-10,15H,3-4,11-14H2,1-2H3,(H2,23,24,25). The number of halogens is 1. The highest BCUT2D eigenvalue weighted by molar-refractivity contribution is 6.30. The van der Waals surface area contributed by atoms with Gasteiger partial charge in [-0.05, 0) is 62.1 Å². The van der Waals surface area contributed by atoms with Crippen molar-refractivity contribution in [3.8, 4) is 11.5 Å². The van der Waals surface area contributed by atoms with Gasteiger partial charge in [-0.15, -0.1) is 0 Å². The Morgan fingerprint density at radius 2 is 1.41 bits per heavy atom. The lowest BCUT2D eigenvalue weighted by molar-refractivity contribution is 0.241. The molecule has 2 aromatic rings. The predicted octanol–water partition coefficient (Wildman–Crippen LogP) is 4.22. The number of carbonyl (C=O) groups is 1. The molecule has 2 aromatic carbocycles. The van der Waals surface area contributed by atoms with Crippen LogP contribution in [0, 0.1) is 0 Å². The monoisotopic (exact) mass is 390 g/mol. The molecule has 2 N–H and O–H groups in total. The van der Waals surface area contributed by atoms with Crippen LogP contribution in [0.1, 0.15) is 25.0 Å². The van der Waals surface area contributed by atoms with Crippen molar-refractivity contribution in [2.24, 2.45) is 0 Å². The summed E-state index contributed by atoms with van der Waals surface area (Å²) in [5.41, 5.74) is 2.22. The molecule has 0 unspecified atom stereocenters. The molecule has 5 nitrogen and oxygen atoms in total. The topological polar surface area (TPSA) is 59.6 Å². The van der Waals surface area contributed by atoms with E-state index in [-0.39, 0.29) is 6.03 Å². The third-order valence-electron chi connectivity index (χ3n) is 3.92. The van der Waals surface area contributed by atoms with Crippen LogP contribution >= 0.6 is 11.6 Å². The fourth-order valence-electron chi connectivity index (χ4n) is 2.61. The molecule has 0 aliphatic carbocycles. The quantitative estimate of drug-likeness (QED) is 0.638. The molecule has 0 saturated carbocycles. The van der Waals surface area contributed by atoms with Gasteiger partial charge in [0.15, 0.2) is 11.5 Å². The molecule has 0 spiro atoms. The van der Waals surface area contributed by atoms with Crippen molar-refractivity contribution in [2.45, 2.75) is 26.7 Å². The Bertz CT molecular complexity index is 720. The zero-order valence-electron chi connectivity index (χ0n) is 15.9. The Hall–Kier alpha value is -2.40. The SMILES string of the molecule is CCOc1ccc(CCNC(=O)NCCc2ccc(Cl)cc2)cc1OCC. The summed E-state index contributed by atoms with van der Waals surface area (Å²) in [4.78, 5) is 11.9. The summed E-state index contributed by atoms with van der Waals surface area (Å²) < 4.78 is 11.2. The van der Waals surface area contributed by atoms with Crippen LogP contribution in [-0.4, -0.2) is 32.3 Å². The molecule has 0 radical (unpaired) electrons. The van der Waals surface area contributed by atoms with Gasteiger partial charge in [0.05, 0.1) is 13.2 Å². The molecular weight excluding hydrogens is 364 g/mol. The van der Waals surface area contributed by atoms with E-state index in [4.69, 9.17) is 21.1 Å². The van der Waals surface area contributed by atoms with Gasteiger partial charge in [0.25, 0.3) is 0 Å². The normalized spacial score (nSPS) is 10.3. The summed E-state index contributed by atoms with van der Waals surface area (Å²) in [7, 11) is 0. The highest BCUT2D eigenvalue weighted by Gasteiger charge is 2.07. The van der Waals surface area contributed by atoms with Crippen molar-refractivity contribution in [3.63, 3.8) is 0 Å². The lowest BCUT2D eigenvalue weighted by atomic mass is 10.1. The van der Waals surface area contributed by atoms with Crippen molar-refractivity contribution in [1.82, 2.24) is 10.6 Å². The average Bonchev–Trinajstić information content (AvgIpc) is 2.66. The van der Waals surface area contributed by atoms with E-state index in [1.807, 2.05) is 56.3 Å². The number of hydrogen-bond acceptors (Lipinski definition) is 3. The molecule has 0 atom stereocenters. The Morgan fingerprint density at radius 1 is 0.852 bits per heavy atom. The van der Waals surface area contributed by atoms with Crippen LogP contribution in [0.15, 0.2) is 42.5 Å². The van der Waals surface area contributed by atoms with E-state index in [1.54, 1.807) is 0 Å². The van der Waals surface area contributed by atoms with E-state index < -0.39 is 0 Å². The first-order valence-corrected chi connectivity index (χ1v) is 9.64. The minimum Gasteiger partial charge on any atom is -0.490 e. The number of carbonyl (C=O) groups excluding carboxylic acids is 1. The number of urea groups is 1. The van der Waals surface area contributed by atoms with Crippen LogP contribution in [0.4, 0.5) is 4.79 Å². The molecule has 0 saturated heterocycles. The first-order chi connectivity index (χ1) is 13.1. The highest BCUT2D eigenvalue weighted by atomic mass is 35.5. The van der Waals surface area contributed by atoms with E-state index in [1.165, 1.54) is 0 Å². The number of rotatable bonds is 10. The number of hydrogen-bond donors (Lipinski definition) is 2. The number of amides is 2. The molecule has 146 valence electrons. The van der Waals surface area contributed by atoms with Crippen molar-refractivity contribution in [1.29, 1.82) is 0 Å². The second-order valence-corrected chi connectivity index (χ2v) is 6.39. The van der Waals surface area contributed by atoms with E-state index in [9.17, 15) is 4.79 Å². The largest absolute Gasteiger partial charge is 0.490 e. The lowest BCUT2D eigenvalue weighted by Crippen LogP contribution is -2.37. The molecule has 0 aliphatic rings. The number of benzene rings is 2. The van der Waals surface area contributed by atoms with Crippen LogP contribution in [0.25, 0.3) is 0 Å².